The molecule has 0 aliphatic heterocycles. The van der Waals surface area contributed by atoms with E-state index in [4.69, 9.17) is 14.2 Å². The van der Waals surface area contributed by atoms with E-state index in [9.17, 15) is 14.9 Å². The van der Waals surface area contributed by atoms with Gasteiger partial charge < -0.3 is 19.5 Å². The number of ether oxygens (including phenoxy) is 3. The Kier molecular flexibility index (Phi) is 6.63. The first kappa shape index (κ1) is 22.3. The molecule has 0 unspecified atom stereocenters. The second-order valence-electron chi connectivity index (χ2n) is 6.91. The van der Waals surface area contributed by atoms with E-state index in [1.807, 2.05) is 0 Å². The summed E-state index contributed by atoms with van der Waals surface area (Å²) in [5.74, 6) is 1.35. The average Bonchev–Trinajstić information content (AvgIpc) is 3.33. The number of amides is 1. The number of carbonyl (C=O) groups excluding carboxylic acids is 1. The maximum absolute atomic E-state index is 12.7. The molecule has 0 saturated heterocycles. The first-order valence-corrected chi connectivity index (χ1v) is 9.99. The summed E-state index contributed by atoms with van der Waals surface area (Å²) in [5.41, 5.74) is 0.0526. The fraction of sp³-hybridized carbons (Fsp3) is 0.0870. The number of nitro benzene ring substituents is 1. The maximum atomic E-state index is 12.7. The van der Waals surface area contributed by atoms with Gasteiger partial charge in [-0.15, -0.1) is 0 Å². The average molecular weight is 461 g/mol. The highest BCUT2D eigenvalue weighted by molar-refractivity contribution is 6.03. The lowest BCUT2D eigenvalue weighted by molar-refractivity contribution is -0.384. The summed E-state index contributed by atoms with van der Waals surface area (Å²) in [4.78, 5) is 27.4. The Morgan fingerprint density at radius 3 is 2.56 bits per heavy atom. The first-order chi connectivity index (χ1) is 16.5. The molecular weight excluding hydrogens is 442 g/mol. The predicted molar refractivity (Wildman–Crippen MR) is 121 cm³/mol. The summed E-state index contributed by atoms with van der Waals surface area (Å²) in [6.45, 7) is 0.0829. The van der Waals surface area contributed by atoms with E-state index >= 15 is 0 Å². The molecule has 2 heterocycles. The number of hydrogen-bond donors (Lipinski definition) is 1. The number of nitrogens with zero attached hydrogens (tertiary/aromatic N) is 4. The molecular formula is C23H19N5O6. The van der Waals surface area contributed by atoms with Gasteiger partial charge in [0.15, 0.2) is 12.4 Å². The summed E-state index contributed by atoms with van der Waals surface area (Å²) < 4.78 is 17.8. The summed E-state index contributed by atoms with van der Waals surface area (Å²) in [7, 11) is 1.58. The number of pyridine rings is 1. The van der Waals surface area contributed by atoms with Crippen LogP contribution in [0.4, 0.5) is 11.4 Å². The zero-order valence-corrected chi connectivity index (χ0v) is 18.0. The smallest absolute Gasteiger partial charge is 0.276 e. The van der Waals surface area contributed by atoms with Crippen molar-refractivity contribution in [2.24, 2.45) is 0 Å². The highest BCUT2D eigenvalue weighted by Crippen LogP contribution is 2.29. The van der Waals surface area contributed by atoms with Crippen LogP contribution in [0.5, 0.6) is 23.0 Å². The normalized spacial score (nSPS) is 10.4. The van der Waals surface area contributed by atoms with Gasteiger partial charge in [-0.3, -0.25) is 19.9 Å². The summed E-state index contributed by atoms with van der Waals surface area (Å²) in [5, 5.41) is 18.1. The van der Waals surface area contributed by atoms with Crippen LogP contribution in [0.3, 0.4) is 0 Å². The third-order valence-electron chi connectivity index (χ3n) is 4.53. The van der Waals surface area contributed by atoms with E-state index in [2.05, 4.69) is 15.4 Å². The van der Waals surface area contributed by atoms with Gasteiger partial charge in [0.05, 0.1) is 30.0 Å². The Labute approximate surface area is 193 Å². The molecule has 0 atom stereocenters. The van der Waals surface area contributed by atoms with Crippen molar-refractivity contribution in [1.82, 2.24) is 14.8 Å². The number of hydrogen-bond acceptors (Lipinski definition) is 8. The van der Waals surface area contributed by atoms with Crippen LogP contribution < -0.4 is 19.5 Å². The summed E-state index contributed by atoms with van der Waals surface area (Å²) in [6, 6.07) is 15.8. The van der Waals surface area contributed by atoms with Gasteiger partial charge in [0.2, 0.25) is 0 Å². The van der Waals surface area contributed by atoms with Gasteiger partial charge in [-0.05, 0) is 42.5 Å². The van der Waals surface area contributed by atoms with Gasteiger partial charge in [-0.25, -0.2) is 4.68 Å². The van der Waals surface area contributed by atoms with Crippen molar-refractivity contribution in [3.05, 3.63) is 95.1 Å². The van der Waals surface area contributed by atoms with Crippen LogP contribution in [0.15, 0.2) is 79.3 Å². The minimum absolute atomic E-state index is 0.0829. The largest absolute Gasteiger partial charge is 0.497 e. The molecule has 34 heavy (non-hydrogen) atoms. The minimum Gasteiger partial charge on any atom is -0.497 e. The molecule has 0 fully saturated rings. The SMILES string of the molecule is COc1ccc(OCn2ccc(C(=O)Nc3cc(Oc4cccnc4)cc([N+](=O)[O-])c3)n2)cc1. The number of non-ortho nitro benzene ring substituents is 1. The molecule has 11 heteroatoms. The van der Waals surface area contributed by atoms with E-state index < -0.39 is 10.8 Å². The number of rotatable bonds is 9. The lowest BCUT2D eigenvalue weighted by Crippen LogP contribution is -2.14. The predicted octanol–water partition coefficient (Wildman–Crippen LogP) is 4.28. The molecule has 4 rings (SSSR count). The van der Waals surface area contributed by atoms with Crippen LogP contribution in [-0.4, -0.2) is 32.7 Å². The molecule has 0 bridgehead atoms. The van der Waals surface area contributed by atoms with E-state index in [-0.39, 0.29) is 29.5 Å². The van der Waals surface area contributed by atoms with Gasteiger partial charge >= 0.3 is 0 Å². The first-order valence-electron chi connectivity index (χ1n) is 9.99. The minimum atomic E-state index is -0.572. The molecule has 4 aromatic rings. The van der Waals surface area contributed by atoms with Crippen LogP contribution >= 0.6 is 0 Å². The monoisotopic (exact) mass is 461 g/mol. The number of nitrogens with one attached hydrogen (secondary N) is 1. The molecule has 11 nitrogen and oxygen atoms in total. The van der Waals surface area contributed by atoms with Crippen molar-refractivity contribution in [1.29, 1.82) is 0 Å². The summed E-state index contributed by atoms with van der Waals surface area (Å²) in [6.07, 6.45) is 4.63. The van der Waals surface area contributed by atoms with Crippen molar-refractivity contribution in [2.75, 3.05) is 12.4 Å². The number of anilines is 1. The van der Waals surface area contributed by atoms with E-state index in [1.165, 1.54) is 35.1 Å². The third kappa shape index (κ3) is 5.65. The second-order valence-corrected chi connectivity index (χ2v) is 6.91. The van der Waals surface area contributed by atoms with Crippen molar-refractivity contribution in [3.8, 4) is 23.0 Å². The number of methoxy groups -OCH3 is 1. The Balaban J connectivity index is 1.43. The molecule has 1 amide bonds. The molecule has 0 radical (unpaired) electrons. The second kappa shape index (κ2) is 10.1. The van der Waals surface area contributed by atoms with Crippen molar-refractivity contribution in [3.63, 3.8) is 0 Å². The number of carbonyl (C=O) groups is 1. The number of nitro groups is 1. The number of aromatic nitrogens is 3. The van der Waals surface area contributed by atoms with E-state index in [0.29, 0.717) is 17.2 Å². The van der Waals surface area contributed by atoms with Gasteiger partial charge in [-0.1, -0.05) is 0 Å². The topological polar surface area (TPSA) is 131 Å². The summed E-state index contributed by atoms with van der Waals surface area (Å²) >= 11 is 0. The van der Waals surface area contributed by atoms with Crippen LogP contribution in [0.25, 0.3) is 0 Å². The van der Waals surface area contributed by atoms with Crippen molar-refractivity contribution in [2.45, 2.75) is 6.73 Å². The molecule has 2 aromatic heterocycles. The Bertz CT molecular complexity index is 1290. The Morgan fingerprint density at radius 2 is 1.85 bits per heavy atom. The molecule has 0 aliphatic rings. The molecule has 0 aliphatic carbocycles. The van der Waals surface area contributed by atoms with Gasteiger partial charge in [0.1, 0.15) is 23.0 Å². The van der Waals surface area contributed by atoms with Crippen LogP contribution in [0.1, 0.15) is 10.5 Å². The highest BCUT2D eigenvalue weighted by atomic mass is 16.6. The van der Waals surface area contributed by atoms with E-state index in [0.717, 1.165) is 0 Å². The Morgan fingerprint density at radius 1 is 1.06 bits per heavy atom. The van der Waals surface area contributed by atoms with E-state index in [1.54, 1.807) is 55.9 Å². The highest BCUT2D eigenvalue weighted by Gasteiger charge is 2.15. The van der Waals surface area contributed by atoms with Gasteiger partial charge in [-0.2, -0.15) is 5.10 Å². The standard InChI is InChI=1S/C23H19N5O6/c1-32-18-4-6-19(7-5-18)33-15-27-10-8-22(26-27)23(29)25-16-11-17(28(30)31)13-21(12-16)34-20-3-2-9-24-14-20/h2-14H,15H2,1H3,(H,25,29). The molecule has 0 spiro atoms. The van der Waals surface area contributed by atoms with Crippen LogP contribution in [0.2, 0.25) is 0 Å². The van der Waals surface area contributed by atoms with Crippen LogP contribution in [-0.2, 0) is 6.73 Å². The van der Waals surface area contributed by atoms with Gasteiger partial charge in [0.25, 0.3) is 11.6 Å². The van der Waals surface area contributed by atoms with Crippen LogP contribution in [0, 0.1) is 10.1 Å². The van der Waals surface area contributed by atoms with Gasteiger partial charge in [0, 0.05) is 24.5 Å². The molecule has 1 N–H and O–H groups in total. The fourth-order valence-electron chi connectivity index (χ4n) is 2.93. The van der Waals surface area contributed by atoms with Crippen molar-refractivity contribution < 1.29 is 23.9 Å². The zero-order valence-electron chi connectivity index (χ0n) is 18.0. The lowest BCUT2D eigenvalue weighted by Gasteiger charge is -2.09. The fourth-order valence-corrected chi connectivity index (χ4v) is 2.93. The quantitative estimate of drug-likeness (QED) is 0.289. The van der Waals surface area contributed by atoms with Crippen molar-refractivity contribution >= 4 is 17.3 Å². The Hall–Kier alpha value is -4.93. The zero-order chi connectivity index (χ0) is 23.9. The number of benzene rings is 2. The molecule has 172 valence electrons. The molecule has 2 aromatic carbocycles. The maximum Gasteiger partial charge on any atom is 0.276 e. The molecule has 0 saturated carbocycles. The third-order valence-corrected chi connectivity index (χ3v) is 4.53. The lowest BCUT2D eigenvalue weighted by atomic mass is 10.2.